The quantitative estimate of drug-likeness (QED) is 0.814. The zero-order chi connectivity index (χ0) is 30.0. The standard InChI is InChI=1S/C19H25N5O4/c1-26-15-10-12-13(11-16(15)27-2)21-19(22-17(12)20)24-7-5-23(6-8-24)18(25)14-4-3-9-28-14/h10-11,14H,3-9H2,1-2H3,(H2,20,21,22)/i1D3,2D3,5D2,6D2,10D,11D. The number of carbonyl (C=O) groups is 1. The minimum atomic E-state index is -3.18. The maximum atomic E-state index is 13.0. The Balaban J connectivity index is 1.81. The van der Waals surface area contributed by atoms with Crippen LogP contribution in [0.4, 0.5) is 11.8 Å². The van der Waals surface area contributed by atoms with E-state index in [1.54, 1.807) is 0 Å². The molecule has 1 aromatic heterocycles. The van der Waals surface area contributed by atoms with Crippen molar-refractivity contribution in [1.82, 2.24) is 14.9 Å². The number of aromatic nitrogens is 2. The molecule has 2 aromatic rings. The van der Waals surface area contributed by atoms with Gasteiger partial charge in [-0.25, -0.2) is 4.98 Å². The number of fused-ring (bicyclic) bond motifs is 1. The smallest absolute Gasteiger partial charge is 0.251 e. The Labute approximate surface area is 180 Å². The summed E-state index contributed by atoms with van der Waals surface area (Å²) in [5.74, 6) is -3.53. The zero-order valence-corrected chi connectivity index (χ0v) is 14.6. The molecule has 3 heterocycles. The van der Waals surface area contributed by atoms with Gasteiger partial charge < -0.3 is 29.7 Å². The van der Waals surface area contributed by atoms with Crippen molar-refractivity contribution in [2.75, 3.05) is 57.4 Å². The highest BCUT2D eigenvalue weighted by molar-refractivity contribution is 5.91. The molecule has 1 aromatic carbocycles. The monoisotopic (exact) mass is 399 g/mol. The summed E-state index contributed by atoms with van der Waals surface area (Å²) in [5.41, 5.74) is 5.58. The van der Waals surface area contributed by atoms with Crippen LogP contribution in [-0.4, -0.2) is 73.6 Å². The number of amides is 1. The van der Waals surface area contributed by atoms with Gasteiger partial charge in [0.1, 0.15) is 11.9 Å². The number of nitrogen functional groups attached to an aromatic ring is 1. The summed E-state index contributed by atoms with van der Waals surface area (Å²) >= 11 is 0. The third kappa shape index (κ3) is 3.37. The molecule has 2 N–H and O–H groups in total. The lowest BCUT2D eigenvalue weighted by atomic mass is 10.2. The minimum Gasteiger partial charge on any atom is -0.493 e. The van der Waals surface area contributed by atoms with Crippen LogP contribution in [0.1, 0.15) is 29.3 Å². The lowest BCUT2D eigenvalue weighted by Gasteiger charge is -2.35. The average Bonchev–Trinajstić information content (AvgIpc) is 3.31. The van der Waals surface area contributed by atoms with Crippen molar-refractivity contribution in [3.63, 3.8) is 0 Å². The molecule has 28 heavy (non-hydrogen) atoms. The van der Waals surface area contributed by atoms with E-state index >= 15 is 0 Å². The summed E-state index contributed by atoms with van der Waals surface area (Å²) in [6.45, 7) is -6.08. The van der Waals surface area contributed by atoms with Crippen LogP contribution in [0, 0.1) is 0 Å². The molecule has 2 saturated heterocycles. The number of hydrogen-bond donors (Lipinski definition) is 1. The Hall–Kier alpha value is -2.81. The summed E-state index contributed by atoms with van der Waals surface area (Å²) < 4.78 is 110. The van der Waals surface area contributed by atoms with Crippen molar-refractivity contribution in [2.24, 2.45) is 0 Å². The van der Waals surface area contributed by atoms with Gasteiger partial charge in [0, 0.05) is 44.1 Å². The Bertz CT molecular complexity index is 1310. The van der Waals surface area contributed by atoms with Crippen molar-refractivity contribution in [3.05, 3.63) is 12.1 Å². The van der Waals surface area contributed by atoms with Crippen LogP contribution in [-0.2, 0) is 9.53 Å². The van der Waals surface area contributed by atoms with E-state index in [9.17, 15) is 4.79 Å². The number of benzene rings is 1. The molecule has 0 aliphatic carbocycles. The molecule has 2 aliphatic heterocycles. The van der Waals surface area contributed by atoms with Gasteiger partial charge in [0.2, 0.25) is 5.95 Å². The molecule has 0 radical (unpaired) electrons. The number of rotatable bonds is 4. The van der Waals surface area contributed by atoms with Gasteiger partial charge in [0.15, 0.2) is 11.5 Å². The molecular formula is C19H25N5O4. The van der Waals surface area contributed by atoms with Crippen molar-refractivity contribution < 1.29 is 35.5 Å². The summed E-state index contributed by atoms with van der Waals surface area (Å²) in [7, 11) is -6.34. The molecule has 9 heteroatoms. The SMILES string of the molecule is [2H]c1c(OC([2H])([2H])[2H])c(OC([2H])([2H])[2H])c([2H])c2c(N)nc(N3CC([2H])([2H])N(C(=O)C4CCCO4)C([2H])([2H])C3)nc12. The van der Waals surface area contributed by atoms with E-state index in [0.29, 0.717) is 24.3 Å². The second-order valence-electron chi connectivity index (χ2n) is 6.09. The number of hydrogen-bond acceptors (Lipinski definition) is 8. The minimum absolute atomic E-state index is 0.298. The maximum absolute atomic E-state index is 13.0. The van der Waals surface area contributed by atoms with E-state index in [1.807, 2.05) is 0 Å². The number of anilines is 2. The molecule has 1 unspecified atom stereocenters. The predicted molar refractivity (Wildman–Crippen MR) is 105 cm³/mol. The van der Waals surface area contributed by atoms with Gasteiger partial charge in [-0.1, -0.05) is 0 Å². The van der Waals surface area contributed by atoms with Crippen LogP contribution in [0.25, 0.3) is 10.9 Å². The predicted octanol–water partition coefficient (Wildman–Crippen LogP) is 1.06. The van der Waals surface area contributed by atoms with E-state index in [0.717, 1.165) is 4.90 Å². The summed E-state index contributed by atoms with van der Waals surface area (Å²) in [5, 5.41) is -0.371. The molecule has 4 rings (SSSR count). The normalized spacial score (nSPS) is 30.6. The summed E-state index contributed by atoms with van der Waals surface area (Å²) in [6, 6.07) is -1.59. The first kappa shape index (κ1) is 9.13. The molecule has 0 spiro atoms. The molecule has 1 atom stereocenters. The summed E-state index contributed by atoms with van der Waals surface area (Å²) in [6.07, 6.45) is -0.0774. The molecule has 0 saturated carbocycles. The van der Waals surface area contributed by atoms with Crippen LogP contribution in [0.15, 0.2) is 12.1 Å². The van der Waals surface area contributed by atoms with Crippen molar-refractivity contribution in [3.8, 4) is 11.5 Å². The first-order valence-corrected chi connectivity index (χ1v) is 8.41. The van der Waals surface area contributed by atoms with E-state index < -0.39 is 87.1 Å². The third-order valence-corrected chi connectivity index (χ3v) is 4.35. The van der Waals surface area contributed by atoms with Crippen LogP contribution >= 0.6 is 0 Å². The van der Waals surface area contributed by atoms with Crippen LogP contribution in [0.5, 0.6) is 11.5 Å². The molecule has 0 bridgehead atoms. The molecule has 1 amide bonds. The second-order valence-corrected chi connectivity index (χ2v) is 6.09. The Morgan fingerprint density at radius 1 is 1.32 bits per heavy atom. The number of piperazine rings is 1. The van der Waals surface area contributed by atoms with Gasteiger partial charge >= 0.3 is 0 Å². The fraction of sp³-hybridized carbons (Fsp3) is 0.526. The average molecular weight is 400 g/mol. The number of ether oxygens (including phenoxy) is 3. The van der Waals surface area contributed by atoms with Gasteiger partial charge in [-0.2, -0.15) is 4.98 Å². The first-order chi connectivity index (χ1) is 18.2. The van der Waals surface area contributed by atoms with Crippen LogP contribution in [0.2, 0.25) is 0 Å². The third-order valence-electron chi connectivity index (χ3n) is 4.35. The number of nitrogens with two attached hydrogens (primary N) is 1. The van der Waals surface area contributed by atoms with Gasteiger partial charge in [-0.3, -0.25) is 4.79 Å². The molecule has 2 aliphatic rings. The van der Waals surface area contributed by atoms with Crippen LogP contribution in [0.3, 0.4) is 0 Å². The molecule has 2 fully saturated rings. The van der Waals surface area contributed by atoms with Crippen molar-refractivity contribution in [2.45, 2.75) is 18.9 Å². The number of carbonyl (C=O) groups excluding carboxylic acids is 1. The Morgan fingerprint density at radius 3 is 2.75 bits per heavy atom. The molecule has 150 valence electrons. The van der Waals surface area contributed by atoms with Gasteiger partial charge in [-0.05, 0) is 18.9 Å². The fourth-order valence-corrected chi connectivity index (χ4v) is 2.94. The number of methoxy groups -OCH3 is 2. The van der Waals surface area contributed by atoms with Crippen LogP contribution < -0.4 is 20.1 Å². The second kappa shape index (κ2) is 7.67. The largest absolute Gasteiger partial charge is 0.493 e. The Kier molecular flexibility index (Phi) is 2.50. The lowest BCUT2D eigenvalue weighted by Crippen LogP contribution is -2.51. The highest BCUT2D eigenvalue weighted by atomic mass is 16.5. The number of nitrogens with zero attached hydrogens (tertiary/aromatic N) is 4. The Morgan fingerprint density at radius 2 is 2.07 bits per heavy atom. The highest BCUT2D eigenvalue weighted by Crippen LogP contribution is 2.34. The van der Waals surface area contributed by atoms with Gasteiger partial charge in [0.25, 0.3) is 5.91 Å². The van der Waals surface area contributed by atoms with E-state index in [1.165, 1.54) is 0 Å². The highest BCUT2D eigenvalue weighted by Gasteiger charge is 2.31. The van der Waals surface area contributed by atoms with E-state index in [4.69, 9.17) is 36.4 Å². The van der Waals surface area contributed by atoms with Gasteiger partial charge in [-0.15, -0.1) is 0 Å². The lowest BCUT2D eigenvalue weighted by molar-refractivity contribution is -0.141. The van der Waals surface area contributed by atoms with E-state index in [2.05, 4.69) is 9.97 Å². The van der Waals surface area contributed by atoms with Gasteiger partial charge in [0.05, 0.1) is 36.0 Å². The van der Waals surface area contributed by atoms with E-state index in [-0.39, 0.29) is 11.3 Å². The van der Waals surface area contributed by atoms with Crippen molar-refractivity contribution in [1.29, 1.82) is 0 Å². The first-order valence-electron chi connectivity index (χ1n) is 14.4. The fourth-order valence-electron chi connectivity index (χ4n) is 2.94. The topological polar surface area (TPSA) is 103 Å². The van der Waals surface area contributed by atoms with Crippen molar-refractivity contribution >= 4 is 28.6 Å². The molecule has 9 nitrogen and oxygen atoms in total. The zero-order valence-electron chi connectivity index (χ0n) is 26.6. The maximum Gasteiger partial charge on any atom is 0.251 e. The summed E-state index contributed by atoms with van der Waals surface area (Å²) in [4.78, 5) is 22.7. The molecular weight excluding hydrogens is 362 g/mol.